The zero-order valence-corrected chi connectivity index (χ0v) is 11.6. The predicted octanol–water partition coefficient (Wildman–Crippen LogP) is 3.81. The van der Waals surface area contributed by atoms with Gasteiger partial charge in [-0.2, -0.15) is 0 Å². The minimum atomic E-state index is -0.242. The Balaban J connectivity index is 2.37. The van der Waals surface area contributed by atoms with Gasteiger partial charge in [-0.1, -0.05) is 12.1 Å². The van der Waals surface area contributed by atoms with Gasteiger partial charge >= 0.3 is 0 Å². The summed E-state index contributed by atoms with van der Waals surface area (Å²) >= 11 is 3.51. The van der Waals surface area contributed by atoms with Crippen LogP contribution < -0.4 is 10.6 Å². The number of anilines is 2. The highest BCUT2D eigenvalue weighted by Gasteiger charge is 2.08. The van der Waals surface area contributed by atoms with Gasteiger partial charge in [0.25, 0.3) is 0 Å². The molecule has 2 nitrogen and oxygen atoms in total. The Hall–Kier alpha value is -1.39. The first-order chi connectivity index (χ1) is 8.61. The molecular formula is C14H14BrFN2. The molecule has 2 aromatic carbocycles. The highest BCUT2D eigenvalue weighted by Crippen LogP contribution is 2.31. The SMILES string of the molecule is CN(c1cccc(F)c1)c1ccc(CN)cc1Br. The van der Waals surface area contributed by atoms with Crippen molar-refractivity contribution in [1.82, 2.24) is 0 Å². The summed E-state index contributed by atoms with van der Waals surface area (Å²) < 4.78 is 14.1. The number of hydrogen-bond acceptors (Lipinski definition) is 2. The van der Waals surface area contributed by atoms with Gasteiger partial charge in [0.1, 0.15) is 5.82 Å². The van der Waals surface area contributed by atoms with Gasteiger partial charge in [0.05, 0.1) is 5.69 Å². The number of halogens is 2. The lowest BCUT2D eigenvalue weighted by molar-refractivity contribution is 0.628. The average molecular weight is 309 g/mol. The molecule has 0 saturated heterocycles. The second-order valence-corrected chi connectivity index (χ2v) is 4.88. The third-order valence-electron chi connectivity index (χ3n) is 2.80. The van der Waals surface area contributed by atoms with Crippen LogP contribution in [0.15, 0.2) is 46.9 Å². The van der Waals surface area contributed by atoms with E-state index in [9.17, 15) is 4.39 Å². The van der Waals surface area contributed by atoms with E-state index in [0.29, 0.717) is 6.54 Å². The molecule has 2 aromatic rings. The van der Waals surface area contributed by atoms with Gasteiger partial charge in [0, 0.05) is 23.8 Å². The number of benzene rings is 2. The summed E-state index contributed by atoms with van der Waals surface area (Å²) in [7, 11) is 1.90. The van der Waals surface area contributed by atoms with Crippen LogP contribution in [0.2, 0.25) is 0 Å². The number of nitrogens with zero attached hydrogens (tertiary/aromatic N) is 1. The molecule has 0 aliphatic rings. The third kappa shape index (κ3) is 2.71. The fraction of sp³-hybridized carbons (Fsp3) is 0.143. The molecule has 4 heteroatoms. The molecule has 0 aromatic heterocycles. The van der Waals surface area contributed by atoms with E-state index >= 15 is 0 Å². The van der Waals surface area contributed by atoms with Crippen LogP contribution in [0.1, 0.15) is 5.56 Å². The van der Waals surface area contributed by atoms with Crippen LogP contribution in [0.5, 0.6) is 0 Å². The molecule has 18 heavy (non-hydrogen) atoms. The van der Waals surface area contributed by atoms with Gasteiger partial charge in [0.2, 0.25) is 0 Å². The van der Waals surface area contributed by atoms with Crippen LogP contribution in [0.25, 0.3) is 0 Å². The molecule has 2 N–H and O–H groups in total. The van der Waals surface area contributed by atoms with E-state index < -0.39 is 0 Å². The van der Waals surface area contributed by atoms with Gasteiger partial charge < -0.3 is 10.6 Å². The Morgan fingerprint density at radius 1 is 1.22 bits per heavy atom. The molecule has 0 amide bonds. The summed E-state index contributed by atoms with van der Waals surface area (Å²) in [6.07, 6.45) is 0. The largest absolute Gasteiger partial charge is 0.344 e. The smallest absolute Gasteiger partial charge is 0.125 e. The second-order valence-electron chi connectivity index (χ2n) is 4.03. The number of rotatable bonds is 3. The standard InChI is InChI=1S/C14H14BrFN2/c1-18(12-4-2-3-11(16)8-12)14-6-5-10(9-17)7-13(14)15/h2-8H,9,17H2,1H3. The molecular weight excluding hydrogens is 295 g/mol. The summed E-state index contributed by atoms with van der Waals surface area (Å²) in [5.41, 5.74) is 8.42. The highest BCUT2D eigenvalue weighted by atomic mass is 79.9. The van der Waals surface area contributed by atoms with E-state index in [4.69, 9.17) is 5.73 Å². The zero-order chi connectivity index (χ0) is 13.1. The van der Waals surface area contributed by atoms with Crippen molar-refractivity contribution in [2.45, 2.75) is 6.54 Å². The summed E-state index contributed by atoms with van der Waals surface area (Å²) in [6.45, 7) is 0.503. The third-order valence-corrected chi connectivity index (χ3v) is 3.44. The molecule has 0 saturated carbocycles. The Labute approximate surface area is 114 Å². The van der Waals surface area contributed by atoms with Crippen LogP contribution >= 0.6 is 15.9 Å². The van der Waals surface area contributed by atoms with Gasteiger partial charge in [0.15, 0.2) is 0 Å². The lowest BCUT2D eigenvalue weighted by Gasteiger charge is -2.21. The quantitative estimate of drug-likeness (QED) is 0.934. The Morgan fingerprint density at radius 2 is 2.00 bits per heavy atom. The van der Waals surface area contributed by atoms with E-state index in [-0.39, 0.29) is 5.82 Å². The summed E-state index contributed by atoms with van der Waals surface area (Å²) in [6, 6.07) is 12.4. The van der Waals surface area contributed by atoms with Crippen molar-refractivity contribution >= 4 is 27.3 Å². The van der Waals surface area contributed by atoms with Crippen molar-refractivity contribution in [2.24, 2.45) is 5.73 Å². The minimum absolute atomic E-state index is 0.242. The molecule has 0 radical (unpaired) electrons. The van der Waals surface area contributed by atoms with E-state index in [1.807, 2.05) is 36.2 Å². The Kier molecular flexibility index (Phi) is 3.99. The molecule has 0 unspecified atom stereocenters. The fourth-order valence-electron chi connectivity index (χ4n) is 1.77. The first-order valence-corrected chi connectivity index (χ1v) is 6.39. The maximum Gasteiger partial charge on any atom is 0.125 e. The maximum atomic E-state index is 13.2. The molecule has 0 heterocycles. The maximum absolute atomic E-state index is 13.2. The molecule has 0 aliphatic carbocycles. The second kappa shape index (κ2) is 5.50. The van der Waals surface area contributed by atoms with Crippen molar-refractivity contribution in [1.29, 1.82) is 0 Å². The molecule has 0 spiro atoms. The van der Waals surface area contributed by atoms with Crippen LogP contribution in [0.4, 0.5) is 15.8 Å². The minimum Gasteiger partial charge on any atom is -0.344 e. The monoisotopic (exact) mass is 308 g/mol. The number of nitrogens with two attached hydrogens (primary N) is 1. The van der Waals surface area contributed by atoms with Crippen LogP contribution in [-0.4, -0.2) is 7.05 Å². The summed E-state index contributed by atoms with van der Waals surface area (Å²) in [4.78, 5) is 1.92. The van der Waals surface area contributed by atoms with E-state index in [2.05, 4.69) is 15.9 Å². The van der Waals surface area contributed by atoms with Gasteiger partial charge in [-0.05, 0) is 51.8 Å². The van der Waals surface area contributed by atoms with E-state index in [1.165, 1.54) is 12.1 Å². The molecule has 2 rings (SSSR count). The van der Waals surface area contributed by atoms with Crippen LogP contribution in [-0.2, 0) is 6.54 Å². The molecule has 0 aliphatic heterocycles. The predicted molar refractivity (Wildman–Crippen MR) is 76.5 cm³/mol. The van der Waals surface area contributed by atoms with Crippen molar-refractivity contribution in [3.8, 4) is 0 Å². The van der Waals surface area contributed by atoms with Gasteiger partial charge in [-0.3, -0.25) is 0 Å². The first kappa shape index (κ1) is 13.1. The molecule has 0 fully saturated rings. The average Bonchev–Trinajstić information content (AvgIpc) is 2.37. The molecule has 94 valence electrons. The van der Waals surface area contributed by atoms with Crippen LogP contribution in [0.3, 0.4) is 0 Å². The van der Waals surface area contributed by atoms with E-state index in [1.54, 1.807) is 6.07 Å². The first-order valence-electron chi connectivity index (χ1n) is 5.59. The van der Waals surface area contributed by atoms with Crippen LogP contribution in [0, 0.1) is 5.82 Å². The lowest BCUT2D eigenvalue weighted by Crippen LogP contribution is -2.10. The highest BCUT2D eigenvalue weighted by molar-refractivity contribution is 9.10. The summed E-state index contributed by atoms with van der Waals surface area (Å²) in [5.74, 6) is -0.242. The van der Waals surface area contributed by atoms with E-state index in [0.717, 1.165) is 21.4 Å². The lowest BCUT2D eigenvalue weighted by atomic mass is 10.2. The normalized spacial score (nSPS) is 10.4. The van der Waals surface area contributed by atoms with Crippen molar-refractivity contribution in [2.75, 3.05) is 11.9 Å². The topological polar surface area (TPSA) is 29.3 Å². The van der Waals surface area contributed by atoms with Crippen molar-refractivity contribution in [3.05, 3.63) is 58.3 Å². The number of hydrogen-bond donors (Lipinski definition) is 1. The van der Waals surface area contributed by atoms with Gasteiger partial charge in [-0.25, -0.2) is 4.39 Å². The fourth-order valence-corrected chi connectivity index (χ4v) is 2.47. The Bertz CT molecular complexity index is 557. The van der Waals surface area contributed by atoms with Gasteiger partial charge in [-0.15, -0.1) is 0 Å². The zero-order valence-electron chi connectivity index (χ0n) is 10.0. The van der Waals surface area contributed by atoms with Crippen molar-refractivity contribution < 1.29 is 4.39 Å². The molecule has 0 atom stereocenters. The molecule has 0 bridgehead atoms. The van der Waals surface area contributed by atoms with Crippen molar-refractivity contribution in [3.63, 3.8) is 0 Å². The summed E-state index contributed by atoms with van der Waals surface area (Å²) in [5, 5.41) is 0. The Morgan fingerprint density at radius 3 is 2.61 bits per heavy atom.